The summed E-state index contributed by atoms with van der Waals surface area (Å²) in [6.45, 7) is 1.67. The van der Waals surface area contributed by atoms with Gasteiger partial charge in [-0.2, -0.15) is 5.10 Å². The lowest BCUT2D eigenvalue weighted by atomic mass is 10.4. The Morgan fingerprint density at radius 1 is 1.54 bits per heavy atom. The number of hydrogen-bond acceptors (Lipinski definition) is 4. The van der Waals surface area contributed by atoms with Crippen molar-refractivity contribution in [3.63, 3.8) is 0 Å². The first-order valence-corrected chi connectivity index (χ1v) is 3.77. The Kier molecular flexibility index (Phi) is 1.39. The van der Waals surface area contributed by atoms with Crippen molar-refractivity contribution in [2.24, 2.45) is 7.05 Å². The van der Waals surface area contributed by atoms with Crippen LogP contribution in [0.2, 0.25) is 0 Å². The Bertz CT molecular complexity index is 523. The van der Waals surface area contributed by atoms with Crippen LogP contribution < -0.4 is 11.4 Å². The summed E-state index contributed by atoms with van der Waals surface area (Å²) in [5.41, 5.74) is 0.291. The van der Waals surface area contributed by atoms with Gasteiger partial charge in [-0.05, 0) is 6.92 Å². The highest BCUT2D eigenvalue weighted by atomic mass is 16.1. The molecule has 0 radical (unpaired) electrons. The van der Waals surface area contributed by atoms with E-state index >= 15 is 0 Å². The molecular formula is C7H9N5O. The standard InChI is InChI=1S/C7H9N5O/c1-4-10-6-5(3-9-11(6)2)7(13)12(4)8/h3H,8H2,1-2H3. The highest BCUT2D eigenvalue weighted by Gasteiger charge is 2.08. The van der Waals surface area contributed by atoms with Gasteiger partial charge in [0, 0.05) is 7.05 Å². The zero-order chi connectivity index (χ0) is 9.59. The third-order valence-corrected chi connectivity index (χ3v) is 1.97. The van der Waals surface area contributed by atoms with Gasteiger partial charge in [0.25, 0.3) is 5.56 Å². The fourth-order valence-electron chi connectivity index (χ4n) is 1.20. The van der Waals surface area contributed by atoms with E-state index in [0.29, 0.717) is 16.9 Å². The van der Waals surface area contributed by atoms with Crippen LogP contribution in [0.4, 0.5) is 0 Å². The number of aryl methyl sites for hydroxylation is 2. The first-order valence-electron chi connectivity index (χ1n) is 3.77. The van der Waals surface area contributed by atoms with Crippen LogP contribution >= 0.6 is 0 Å². The van der Waals surface area contributed by atoms with Crippen LogP contribution in [0.5, 0.6) is 0 Å². The third-order valence-electron chi connectivity index (χ3n) is 1.97. The molecule has 2 rings (SSSR count). The largest absolute Gasteiger partial charge is 0.335 e. The highest BCUT2D eigenvalue weighted by Crippen LogP contribution is 2.03. The molecule has 2 heterocycles. The Morgan fingerprint density at radius 3 is 2.92 bits per heavy atom. The molecule has 0 aliphatic heterocycles. The van der Waals surface area contributed by atoms with Crippen molar-refractivity contribution in [2.75, 3.05) is 5.84 Å². The van der Waals surface area contributed by atoms with E-state index < -0.39 is 0 Å². The monoisotopic (exact) mass is 179 g/mol. The zero-order valence-corrected chi connectivity index (χ0v) is 7.35. The molecule has 2 aromatic heterocycles. The second-order valence-corrected chi connectivity index (χ2v) is 2.84. The summed E-state index contributed by atoms with van der Waals surface area (Å²) < 4.78 is 2.56. The molecular weight excluding hydrogens is 170 g/mol. The van der Waals surface area contributed by atoms with Crippen molar-refractivity contribution in [1.29, 1.82) is 0 Å². The first-order chi connectivity index (χ1) is 6.11. The van der Waals surface area contributed by atoms with E-state index in [4.69, 9.17) is 5.84 Å². The van der Waals surface area contributed by atoms with Crippen molar-refractivity contribution in [3.8, 4) is 0 Å². The summed E-state index contributed by atoms with van der Waals surface area (Å²) in [4.78, 5) is 15.6. The molecule has 68 valence electrons. The Hall–Kier alpha value is -1.85. The summed E-state index contributed by atoms with van der Waals surface area (Å²) in [6, 6.07) is 0. The van der Waals surface area contributed by atoms with Crippen LogP contribution in [0, 0.1) is 6.92 Å². The minimum atomic E-state index is -0.268. The fraction of sp³-hybridized carbons (Fsp3) is 0.286. The molecule has 0 amide bonds. The predicted octanol–water partition coefficient (Wildman–Crippen LogP) is -0.848. The lowest BCUT2D eigenvalue weighted by Crippen LogP contribution is -2.30. The van der Waals surface area contributed by atoms with E-state index in [-0.39, 0.29) is 5.56 Å². The van der Waals surface area contributed by atoms with Gasteiger partial charge in [0.2, 0.25) is 0 Å². The van der Waals surface area contributed by atoms with Crippen LogP contribution in [0.25, 0.3) is 11.0 Å². The average molecular weight is 179 g/mol. The highest BCUT2D eigenvalue weighted by molar-refractivity contribution is 5.73. The van der Waals surface area contributed by atoms with Crippen molar-refractivity contribution in [2.45, 2.75) is 6.92 Å². The molecule has 0 saturated heterocycles. The minimum Gasteiger partial charge on any atom is -0.335 e. The van der Waals surface area contributed by atoms with Crippen molar-refractivity contribution in [3.05, 3.63) is 22.4 Å². The second-order valence-electron chi connectivity index (χ2n) is 2.84. The second kappa shape index (κ2) is 2.32. The Morgan fingerprint density at radius 2 is 2.23 bits per heavy atom. The number of fused-ring (bicyclic) bond motifs is 1. The lowest BCUT2D eigenvalue weighted by molar-refractivity contribution is 0.773. The van der Waals surface area contributed by atoms with Crippen LogP contribution in [0.15, 0.2) is 11.0 Å². The summed E-state index contributed by atoms with van der Waals surface area (Å²) in [7, 11) is 1.73. The number of aromatic nitrogens is 4. The molecule has 0 atom stereocenters. The maximum Gasteiger partial charge on any atom is 0.283 e. The van der Waals surface area contributed by atoms with Gasteiger partial charge in [-0.25, -0.2) is 9.66 Å². The molecule has 0 aliphatic carbocycles. The van der Waals surface area contributed by atoms with Gasteiger partial charge in [-0.15, -0.1) is 0 Å². The predicted molar refractivity (Wildman–Crippen MR) is 47.7 cm³/mol. The van der Waals surface area contributed by atoms with Gasteiger partial charge in [-0.3, -0.25) is 9.48 Å². The summed E-state index contributed by atoms with van der Waals surface area (Å²) in [5.74, 6) is 5.94. The van der Waals surface area contributed by atoms with E-state index in [1.807, 2.05) is 0 Å². The molecule has 0 aromatic carbocycles. The summed E-state index contributed by atoms with van der Waals surface area (Å²) in [6.07, 6.45) is 1.47. The number of nitrogens with two attached hydrogens (primary N) is 1. The topological polar surface area (TPSA) is 78.7 Å². The quantitative estimate of drug-likeness (QED) is 0.534. The third kappa shape index (κ3) is 0.915. The Labute approximate surface area is 73.6 Å². The molecule has 6 nitrogen and oxygen atoms in total. The number of rotatable bonds is 0. The van der Waals surface area contributed by atoms with Gasteiger partial charge in [0.1, 0.15) is 11.2 Å². The van der Waals surface area contributed by atoms with Gasteiger partial charge >= 0.3 is 0 Å². The molecule has 0 fully saturated rings. The van der Waals surface area contributed by atoms with E-state index in [1.165, 1.54) is 6.20 Å². The number of hydrogen-bond donors (Lipinski definition) is 1. The van der Waals surface area contributed by atoms with Gasteiger partial charge in [-0.1, -0.05) is 0 Å². The fourth-order valence-corrected chi connectivity index (χ4v) is 1.20. The molecule has 0 aliphatic rings. The van der Waals surface area contributed by atoms with Gasteiger partial charge in [0.05, 0.1) is 6.20 Å². The van der Waals surface area contributed by atoms with Crippen molar-refractivity contribution in [1.82, 2.24) is 19.4 Å². The van der Waals surface area contributed by atoms with Crippen molar-refractivity contribution >= 4 is 11.0 Å². The minimum absolute atomic E-state index is 0.268. The molecule has 6 heteroatoms. The van der Waals surface area contributed by atoms with Gasteiger partial charge < -0.3 is 5.84 Å². The maximum atomic E-state index is 11.5. The van der Waals surface area contributed by atoms with E-state index in [2.05, 4.69) is 10.1 Å². The molecule has 0 spiro atoms. The van der Waals surface area contributed by atoms with Crippen molar-refractivity contribution < 1.29 is 0 Å². The maximum absolute atomic E-state index is 11.5. The number of nitrogens with zero attached hydrogens (tertiary/aromatic N) is 4. The molecule has 0 bridgehead atoms. The molecule has 0 saturated carbocycles. The average Bonchev–Trinajstić information content (AvgIpc) is 2.45. The first kappa shape index (κ1) is 7.78. The zero-order valence-electron chi connectivity index (χ0n) is 7.35. The normalized spacial score (nSPS) is 10.9. The van der Waals surface area contributed by atoms with E-state index in [9.17, 15) is 4.79 Å². The van der Waals surface area contributed by atoms with Crippen LogP contribution in [0.3, 0.4) is 0 Å². The Balaban J connectivity index is 3.05. The van der Waals surface area contributed by atoms with Gasteiger partial charge in [0.15, 0.2) is 5.65 Å². The van der Waals surface area contributed by atoms with Crippen LogP contribution in [-0.2, 0) is 7.05 Å². The van der Waals surface area contributed by atoms with Crippen LogP contribution in [-0.4, -0.2) is 19.4 Å². The molecule has 2 N–H and O–H groups in total. The van der Waals surface area contributed by atoms with E-state index in [1.54, 1.807) is 18.7 Å². The van der Waals surface area contributed by atoms with E-state index in [0.717, 1.165) is 4.68 Å². The molecule has 13 heavy (non-hydrogen) atoms. The van der Waals surface area contributed by atoms with Crippen LogP contribution in [0.1, 0.15) is 5.82 Å². The SMILES string of the molecule is Cc1nc2c(cnn2C)c(=O)n1N. The lowest BCUT2D eigenvalue weighted by Gasteiger charge is -2.01. The number of nitrogen functional groups attached to an aromatic ring is 1. The molecule has 2 aromatic rings. The molecule has 0 unspecified atom stereocenters. The summed E-state index contributed by atoms with van der Waals surface area (Å²) in [5, 5.41) is 4.36. The smallest absolute Gasteiger partial charge is 0.283 e. The summed E-state index contributed by atoms with van der Waals surface area (Å²) >= 11 is 0.